The third kappa shape index (κ3) is 12.5. The summed E-state index contributed by atoms with van der Waals surface area (Å²) in [6, 6.07) is 0. The van der Waals surface area contributed by atoms with Crippen molar-refractivity contribution in [1.29, 1.82) is 0 Å². The fourth-order valence-electron chi connectivity index (χ4n) is 3.52. The van der Waals surface area contributed by atoms with Gasteiger partial charge in [0.2, 0.25) is 0 Å². The van der Waals surface area contributed by atoms with E-state index in [0.29, 0.717) is 0 Å². The van der Waals surface area contributed by atoms with Crippen LogP contribution in [0, 0.1) is 11.8 Å². The lowest BCUT2D eigenvalue weighted by Crippen LogP contribution is -2.27. The van der Waals surface area contributed by atoms with Crippen LogP contribution in [0.2, 0.25) is 0 Å². The molecule has 0 aliphatic carbocycles. The molecule has 1 heteroatoms. The lowest BCUT2D eigenvalue weighted by Gasteiger charge is -2.26. The Morgan fingerprint density at radius 2 is 1.27 bits per heavy atom. The second kappa shape index (κ2) is 15.8. The van der Waals surface area contributed by atoms with Gasteiger partial charge < -0.3 is 4.90 Å². The van der Waals surface area contributed by atoms with Gasteiger partial charge in [-0.1, -0.05) is 91.9 Å². The molecule has 0 aliphatic rings. The molecule has 0 saturated heterocycles. The van der Waals surface area contributed by atoms with E-state index in [4.69, 9.17) is 0 Å². The highest BCUT2D eigenvalue weighted by Crippen LogP contribution is 2.24. The van der Waals surface area contributed by atoms with Crippen LogP contribution < -0.4 is 0 Å². The van der Waals surface area contributed by atoms with Crippen molar-refractivity contribution in [3.05, 3.63) is 0 Å². The SMILES string of the molecule is CCCCCCCCN(C)CC(CC)CC(CC)CCCC. The van der Waals surface area contributed by atoms with Crippen molar-refractivity contribution in [3.63, 3.8) is 0 Å². The Balaban J connectivity index is 3.84. The molecule has 0 aliphatic heterocycles. The summed E-state index contributed by atoms with van der Waals surface area (Å²) >= 11 is 0. The standard InChI is InChI=1S/C21H45N/c1-6-10-12-13-14-15-17-22(5)19-21(9-4)18-20(8-3)16-11-7-2/h20-21H,6-19H2,1-5H3. The molecule has 1 nitrogen and oxygen atoms in total. The average molecular weight is 312 g/mol. The summed E-state index contributed by atoms with van der Waals surface area (Å²) in [5, 5.41) is 0. The van der Waals surface area contributed by atoms with Gasteiger partial charge in [0, 0.05) is 6.54 Å². The van der Waals surface area contributed by atoms with Gasteiger partial charge in [-0.25, -0.2) is 0 Å². The Hall–Kier alpha value is -0.0400. The molecule has 0 aromatic rings. The number of rotatable bonds is 16. The summed E-state index contributed by atoms with van der Waals surface area (Å²) in [6.45, 7) is 12.0. The van der Waals surface area contributed by atoms with Gasteiger partial charge in [0.1, 0.15) is 0 Å². The molecular formula is C21H45N. The van der Waals surface area contributed by atoms with Gasteiger partial charge in [0.15, 0.2) is 0 Å². The first kappa shape index (κ1) is 22.0. The number of nitrogens with zero attached hydrogens (tertiary/aromatic N) is 1. The Kier molecular flexibility index (Phi) is 15.8. The van der Waals surface area contributed by atoms with Crippen molar-refractivity contribution in [2.75, 3.05) is 20.1 Å². The molecule has 2 unspecified atom stereocenters. The maximum atomic E-state index is 2.60. The number of unbranched alkanes of at least 4 members (excludes halogenated alkanes) is 6. The van der Waals surface area contributed by atoms with Crippen molar-refractivity contribution in [1.82, 2.24) is 4.90 Å². The minimum Gasteiger partial charge on any atom is -0.306 e. The topological polar surface area (TPSA) is 3.24 Å². The Morgan fingerprint density at radius 3 is 1.86 bits per heavy atom. The molecular weight excluding hydrogens is 266 g/mol. The smallest absolute Gasteiger partial charge is 0.000661 e. The van der Waals surface area contributed by atoms with Crippen LogP contribution in [-0.4, -0.2) is 25.0 Å². The van der Waals surface area contributed by atoms with Crippen LogP contribution in [0.25, 0.3) is 0 Å². The molecule has 0 heterocycles. The fraction of sp³-hybridized carbons (Fsp3) is 1.00. The van der Waals surface area contributed by atoms with E-state index < -0.39 is 0 Å². The van der Waals surface area contributed by atoms with Gasteiger partial charge in [0.05, 0.1) is 0 Å². The van der Waals surface area contributed by atoms with Gasteiger partial charge in [0.25, 0.3) is 0 Å². The fourth-order valence-corrected chi connectivity index (χ4v) is 3.52. The Morgan fingerprint density at radius 1 is 0.682 bits per heavy atom. The molecule has 0 fully saturated rings. The van der Waals surface area contributed by atoms with E-state index in [1.807, 2.05) is 0 Å². The third-order valence-corrected chi connectivity index (χ3v) is 5.25. The van der Waals surface area contributed by atoms with Crippen LogP contribution in [-0.2, 0) is 0 Å². The predicted octanol–water partition coefficient (Wildman–Crippen LogP) is 6.91. The quantitative estimate of drug-likeness (QED) is 0.280. The summed E-state index contributed by atoms with van der Waals surface area (Å²) in [4.78, 5) is 2.60. The van der Waals surface area contributed by atoms with E-state index in [0.717, 1.165) is 11.8 Å². The van der Waals surface area contributed by atoms with Crippen LogP contribution in [0.3, 0.4) is 0 Å². The molecule has 22 heavy (non-hydrogen) atoms. The van der Waals surface area contributed by atoms with Crippen LogP contribution in [0.4, 0.5) is 0 Å². The van der Waals surface area contributed by atoms with Crippen molar-refractivity contribution < 1.29 is 0 Å². The van der Waals surface area contributed by atoms with Gasteiger partial charge in [-0.15, -0.1) is 0 Å². The van der Waals surface area contributed by atoms with E-state index in [2.05, 4.69) is 39.6 Å². The molecule has 0 rings (SSSR count). The summed E-state index contributed by atoms with van der Waals surface area (Å²) in [6.07, 6.45) is 16.9. The average Bonchev–Trinajstić information content (AvgIpc) is 2.53. The molecule has 134 valence electrons. The van der Waals surface area contributed by atoms with Crippen molar-refractivity contribution >= 4 is 0 Å². The van der Waals surface area contributed by atoms with Crippen LogP contribution in [0.15, 0.2) is 0 Å². The zero-order valence-corrected chi connectivity index (χ0v) is 16.5. The van der Waals surface area contributed by atoms with Gasteiger partial charge in [-0.05, 0) is 38.3 Å². The minimum absolute atomic E-state index is 0.909. The molecule has 0 saturated carbocycles. The summed E-state index contributed by atoms with van der Waals surface area (Å²) in [7, 11) is 2.34. The zero-order valence-electron chi connectivity index (χ0n) is 16.5. The molecule has 0 N–H and O–H groups in total. The monoisotopic (exact) mass is 311 g/mol. The summed E-state index contributed by atoms with van der Waals surface area (Å²) in [5.74, 6) is 1.87. The van der Waals surface area contributed by atoms with Crippen molar-refractivity contribution in [2.45, 2.75) is 105 Å². The molecule has 0 radical (unpaired) electrons. The lowest BCUT2D eigenvalue weighted by atomic mass is 9.87. The normalized spacial score (nSPS) is 14.5. The first-order valence-corrected chi connectivity index (χ1v) is 10.4. The van der Waals surface area contributed by atoms with Crippen LogP contribution >= 0.6 is 0 Å². The largest absolute Gasteiger partial charge is 0.306 e. The van der Waals surface area contributed by atoms with E-state index in [-0.39, 0.29) is 0 Å². The first-order valence-electron chi connectivity index (χ1n) is 10.4. The first-order chi connectivity index (χ1) is 10.7. The van der Waals surface area contributed by atoms with Gasteiger partial charge in [-0.3, -0.25) is 0 Å². The van der Waals surface area contributed by atoms with Crippen molar-refractivity contribution in [2.24, 2.45) is 11.8 Å². The highest BCUT2D eigenvalue weighted by molar-refractivity contribution is 4.68. The van der Waals surface area contributed by atoms with E-state index in [1.54, 1.807) is 0 Å². The number of hydrogen-bond donors (Lipinski definition) is 0. The van der Waals surface area contributed by atoms with E-state index in [9.17, 15) is 0 Å². The zero-order chi connectivity index (χ0) is 16.6. The highest BCUT2D eigenvalue weighted by Gasteiger charge is 2.15. The number of hydrogen-bond acceptors (Lipinski definition) is 1. The molecule has 0 spiro atoms. The Labute approximate surface area is 142 Å². The molecule has 0 bridgehead atoms. The second-order valence-electron chi connectivity index (χ2n) is 7.46. The van der Waals surface area contributed by atoms with Crippen LogP contribution in [0.5, 0.6) is 0 Å². The Bertz CT molecular complexity index is 214. The maximum Gasteiger partial charge on any atom is 0.000661 e. The van der Waals surface area contributed by atoms with E-state index >= 15 is 0 Å². The summed E-state index contributed by atoms with van der Waals surface area (Å²) < 4.78 is 0. The maximum absolute atomic E-state index is 2.60. The summed E-state index contributed by atoms with van der Waals surface area (Å²) in [5.41, 5.74) is 0. The van der Waals surface area contributed by atoms with Gasteiger partial charge in [-0.2, -0.15) is 0 Å². The predicted molar refractivity (Wildman–Crippen MR) is 103 cm³/mol. The highest BCUT2D eigenvalue weighted by atomic mass is 15.1. The molecule has 0 aromatic carbocycles. The van der Waals surface area contributed by atoms with Crippen molar-refractivity contribution in [3.8, 4) is 0 Å². The van der Waals surface area contributed by atoms with Crippen LogP contribution in [0.1, 0.15) is 105 Å². The molecule has 2 atom stereocenters. The molecule has 0 amide bonds. The third-order valence-electron chi connectivity index (χ3n) is 5.25. The minimum atomic E-state index is 0.909. The van der Waals surface area contributed by atoms with Gasteiger partial charge >= 0.3 is 0 Å². The molecule has 0 aromatic heterocycles. The van der Waals surface area contributed by atoms with E-state index in [1.165, 1.54) is 90.1 Å². The lowest BCUT2D eigenvalue weighted by molar-refractivity contribution is 0.229. The second-order valence-corrected chi connectivity index (χ2v) is 7.46.